The topological polar surface area (TPSA) is 249 Å². The lowest BCUT2D eigenvalue weighted by molar-refractivity contribution is -0.134. The molecule has 61 heavy (non-hydrogen) atoms. The highest BCUT2D eigenvalue weighted by Crippen LogP contribution is 2.32. The van der Waals surface area contributed by atoms with Crippen molar-refractivity contribution < 1.29 is 38.3 Å². The maximum atomic E-state index is 14.5. The van der Waals surface area contributed by atoms with Gasteiger partial charge < -0.3 is 51.5 Å². The van der Waals surface area contributed by atoms with Crippen molar-refractivity contribution in [3.8, 4) is 5.75 Å². The van der Waals surface area contributed by atoms with Crippen LogP contribution in [0, 0.1) is 6.92 Å². The van der Waals surface area contributed by atoms with Gasteiger partial charge in [0, 0.05) is 59.0 Å². The molecule has 0 unspecified atom stereocenters. The fraction of sp³-hybridized carbons (Fsp3) is 0.333. The number of carbonyl (C=O) groups is 7. The van der Waals surface area contributed by atoms with Crippen molar-refractivity contribution in [1.82, 2.24) is 51.8 Å². The lowest BCUT2D eigenvalue weighted by Crippen LogP contribution is -2.56. The van der Waals surface area contributed by atoms with Crippen LogP contribution in [-0.2, 0) is 41.6 Å². The summed E-state index contributed by atoms with van der Waals surface area (Å²) in [5, 5.41) is 19.3. The Balaban J connectivity index is 1.36. The Kier molecular flexibility index (Phi) is 13.5. The summed E-state index contributed by atoms with van der Waals surface area (Å²) < 4.78 is 5.65. The van der Waals surface area contributed by atoms with Crippen LogP contribution in [0.1, 0.15) is 58.6 Å². The Hall–Kier alpha value is -7.02. The molecular weight excluding hydrogens is 805 g/mol. The first-order chi connectivity index (χ1) is 29.2. The van der Waals surface area contributed by atoms with Crippen LogP contribution in [0.3, 0.4) is 0 Å². The van der Waals surface area contributed by atoms with Gasteiger partial charge in [0.1, 0.15) is 34.6 Å². The molecule has 18 nitrogen and oxygen atoms in total. The zero-order valence-electron chi connectivity index (χ0n) is 34.3. The number of amides is 7. The van der Waals surface area contributed by atoms with Gasteiger partial charge in [-0.25, -0.2) is 4.98 Å². The Bertz CT molecular complexity index is 2520. The monoisotopic (exact) mass is 852 g/mol. The molecule has 2 bridgehead atoms. The van der Waals surface area contributed by atoms with E-state index in [1.165, 1.54) is 19.5 Å². The minimum absolute atomic E-state index is 0.0147. The molecule has 3 aromatic heterocycles. The van der Waals surface area contributed by atoms with Gasteiger partial charge in [-0.05, 0) is 49.6 Å². The molecule has 0 fully saturated rings. The van der Waals surface area contributed by atoms with E-state index in [-0.39, 0.29) is 30.7 Å². The number of aromatic amines is 2. The number of likely N-dealkylation sites (N-methyl/N-ethyl adjacent to an activating group) is 1. The average molecular weight is 853 g/mol. The van der Waals surface area contributed by atoms with Gasteiger partial charge >= 0.3 is 0 Å². The lowest BCUT2D eigenvalue weighted by Gasteiger charge is -2.24. The van der Waals surface area contributed by atoms with Gasteiger partial charge in [-0.15, -0.1) is 11.3 Å². The smallest absolute Gasteiger partial charge is 0.271 e. The highest BCUT2D eigenvalue weighted by atomic mass is 32.1. The van der Waals surface area contributed by atoms with E-state index in [4.69, 9.17) is 4.74 Å². The normalized spacial score (nSPS) is 20.6. The molecule has 8 N–H and O–H groups in total. The number of hydrogen-bond donors (Lipinski definition) is 8. The van der Waals surface area contributed by atoms with Gasteiger partial charge in [-0.3, -0.25) is 33.6 Å². The van der Waals surface area contributed by atoms with Crippen molar-refractivity contribution in [2.45, 2.75) is 64.2 Å². The molecule has 0 radical (unpaired) electrons. The number of ether oxygens (including phenoxy) is 1. The number of aromatic nitrogens is 3. The largest absolute Gasteiger partial charge is 0.496 e. The average Bonchev–Trinajstić information content (AvgIpc) is 3.98. The van der Waals surface area contributed by atoms with Crippen LogP contribution in [0.25, 0.3) is 21.8 Å². The van der Waals surface area contributed by atoms with Crippen molar-refractivity contribution >= 4 is 74.5 Å². The molecule has 0 aliphatic carbocycles. The number of benzene rings is 2. The highest BCUT2D eigenvalue weighted by Gasteiger charge is 2.32. The summed E-state index contributed by atoms with van der Waals surface area (Å²) in [7, 11) is 2.88. The maximum absolute atomic E-state index is 14.5. The number of methoxy groups -OCH3 is 1. The minimum Gasteiger partial charge on any atom is -0.496 e. The number of fused-ring (bicyclic) bond motifs is 4. The first-order valence-electron chi connectivity index (χ1n) is 19.5. The summed E-state index contributed by atoms with van der Waals surface area (Å²) in [6.45, 7) is 7.79. The van der Waals surface area contributed by atoms with Crippen molar-refractivity contribution in [3.05, 3.63) is 93.8 Å². The molecule has 4 atom stereocenters. The van der Waals surface area contributed by atoms with Crippen LogP contribution in [-0.4, -0.2) is 107 Å². The molecule has 1 aliphatic rings. The number of H-pyrrole nitrogens is 2. The molecule has 0 saturated heterocycles. The number of aryl methyl sites for hydroxylation is 1. The number of nitrogens with zero attached hydrogens (tertiary/aromatic N) is 2. The van der Waals surface area contributed by atoms with E-state index in [2.05, 4.69) is 53.4 Å². The Morgan fingerprint density at radius 3 is 2.36 bits per heavy atom. The second-order valence-corrected chi connectivity index (χ2v) is 15.6. The first-order valence-corrected chi connectivity index (χ1v) is 20.4. The van der Waals surface area contributed by atoms with Crippen molar-refractivity contribution in [2.24, 2.45) is 0 Å². The lowest BCUT2D eigenvalue weighted by atomic mass is 9.99. The molecule has 6 rings (SSSR count). The molecule has 5 aromatic rings. The zero-order valence-corrected chi connectivity index (χ0v) is 35.1. The van der Waals surface area contributed by atoms with E-state index >= 15 is 0 Å². The highest BCUT2D eigenvalue weighted by molar-refractivity contribution is 7.09. The van der Waals surface area contributed by atoms with Gasteiger partial charge in [0.2, 0.25) is 29.5 Å². The number of rotatable bonds is 6. The maximum Gasteiger partial charge on any atom is 0.271 e. The van der Waals surface area contributed by atoms with Gasteiger partial charge in [-0.2, -0.15) is 0 Å². The third-order valence-electron chi connectivity index (χ3n) is 10.3. The van der Waals surface area contributed by atoms with Crippen LogP contribution < -0.4 is 36.6 Å². The van der Waals surface area contributed by atoms with E-state index < -0.39 is 78.6 Å². The quantitative estimate of drug-likeness (QED) is 0.116. The van der Waals surface area contributed by atoms with E-state index in [9.17, 15) is 33.6 Å². The predicted octanol–water partition coefficient (Wildman–Crippen LogP) is 1.78. The molecular formula is C42H48N10O8S. The Morgan fingerprint density at radius 1 is 0.869 bits per heavy atom. The van der Waals surface area contributed by atoms with Crippen LogP contribution >= 0.6 is 11.3 Å². The Morgan fingerprint density at radius 2 is 1.61 bits per heavy atom. The van der Waals surface area contributed by atoms with Crippen LogP contribution in [0.4, 0.5) is 0 Å². The minimum atomic E-state index is -1.29. The summed E-state index contributed by atoms with van der Waals surface area (Å²) in [6.07, 6.45) is 1.83. The van der Waals surface area contributed by atoms with Crippen molar-refractivity contribution in [2.75, 3.05) is 27.2 Å². The van der Waals surface area contributed by atoms with Gasteiger partial charge in [-0.1, -0.05) is 37.8 Å². The summed E-state index contributed by atoms with van der Waals surface area (Å²) in [4.78, 5) is 107. The SMILES string of the molecule is C=C1NC(=O)[C@@H](CC)NC(=O)CNC(=O)[C@H](Cc2c(C)[nH]c3cccc(OC)c23)NC(=O)[C@H](Cc2c[nH]c3ccccc23)NC(=O)c2csc(n2)[C@@H](C)NC(=O)CN(C)C1=O. The molecule has 2 aromatic carbocycles. The number of para-hydroxylation sites is 1. The van der Waals surface area contributed by atoms with E-state index in [0.29, 0.717) is 27.4 Å². The van der Waals surface area contributed by atoms with E-state index in [0.717, 1.165) is 38.2 Å². The first kappa shape index (κ1) is 43.6. The second kappa shape index (κ2) is 18.9. The van der Waals surface area contributed by atoms with E-state index in [1.54, 1.807) is 26.1 Å². The van der Waals surface area contributed by atoms with Gasteiger partial charge in [0.15, 0.2) is 0 Å². The van der Waals surface area contributed by atoms with Crippen LogP contribution in [0.2, 0.25) is 0 Å². The third-order valence-corrected chi connectivity index (χ3v) is 11.4. The van der Waals surface area contributed by atoms with Crippen LogP contribution in [0.15, 0.2) is 66.3 Å². The molecule has 320 valence electrons. The number of hydrogen-bond acceptors (Lipinski definition) is 10. The second-order valence-electron chi connectivity index (χ2n) is 14.7. The summed E-state index contributed by atoms with van der Waals surface area (Å²) in [5.74, 6) is -4.32. The van der Waals surface area contributed by atoms with Crippen LogP contribution in [0.5, 0.6) is 5.75 Å². The molecule has 19 heteroatoms. The number of thiazole rings is 1. The predicted molar refractivity (Wildman–Crippen MR) is 227 cm³/mol. The Labute approximate surface area is 354 Å². The standard InChI is InChI=1S/C42H48N10O8S/c1-7-27-38(56)47-23(4)42(59)52(5)19-35(54)46-22(3)41-51-32(20-61-41)40(58)49-30(15-24-17-43-28-12-9-8-11-25(24)28)39(57)50-31(37(55)44-18-34(53)48-27)16-26-21(2)45-29-13-10-14-33(60-6)36(26)29/h8-14,17,20,22,27,30-31,43,45H,4,7,15-16,18-19H2,1-3,5-6H3,(H,44,55)(H,46,54)(H,47,56)(H,48,53)(H,49,58)(H,50,57)/t22-,27-,30+,31+/m1/s1. The van der Waals surface area contributed by atoms with Crippen molar-refractivity contribution in [1.29, 1.82) is 0 Å². The summed E-state index contributed by atoms with van der Waals surface area (Å²) in [6, 6.07) is 8.60. The fourth-order valence-electron chi connectivity index (χ4n) is 7.12. The summed E-state index contributed by atoms with van der Waals surface area (Å²) >= 11 is 1.11. The van der Waals surface area contributed by atoms with Gasteiger partial charge in [0.05, 0.1) is 31.9 Å². The fourth-order valence-corrected chi connectivity index (χ4v) is 7.93. The summed E-state index contributed by atoms with van der Waals surface area (Å²) in [5.41, 5.74) is 3.31. The van der Waals surface area contributed by atoms with E-state index in [1.807, 2.05) is 43.3 Å². The number of carbonyl (C=O) groups excluding carboxylic acids is 7. The molecule has 7 amide bonds. The molecule has 0 spiro atoms. The molecule has 4 heterocycles. The number of nitrogens with one attached hydrogen (secondary N) is 8. The van der Waals surface area contributed by atoms with Gasteiger partial charge in [0.25, 0.3) is 11.8 Å². The third kappa shape index (κ3) is 10.1. The zero-order chi connectivity index (χ0) is 44.0. The molecule has 1 aliphatic heterocycles. The van der Waals surface area contributed by atoms with Crippen molar-refractivity contribution in [3.63, 3.8) is 0 Å². The molecule has 0 saturated carbocycles.